The summed E-state index contributed by atoms with van der Waals surface area (Å²) in [4.78, 5) is 4.28. The first-order valence-electron chi connectivity index (χ1n) is 6.10. The number of benzene rings is 1. The molecule has 0 spiro atoms. The third-order valence-corrected chi connectivity index (χ3v) is 3.24. The third-order valence-electron chi connectivity index (χ3n) is 2.80. The molecule has 0 unspecified atom stereocenters. The van der Waals surface area contributed by atoms with Crippen LogP contribution in [0.2, 0.25) is 0 Å². The standard InChI is InChI=1S/C13H10BrFN6/c14-13-3-1-2-9(18-13)7-16-12-6-10(4-5-11(12)15)21-8-17-19-20-21/h1-6,8,16H,7H2. The van der Waals surface area contributed by atoms with Crippen LogP contribution < -0.4 is 5.32 Å². The van der Waals surface area contributed by atoms with Crippen LogP contribution in [0.15, 0.2) is 47.3 Å². The Morgan fingerprint density at radius 3 is 2.90 bits per heavy atom. The fraction of sp³-hybridized carbons (Fsp3) is 0.0769. The average molecular weight is 349 g/mol. The second kappa shape index (κ2) is 5.96. The van der Waals surface area contributed by atoms with Gasteiger partial charge in [0.05, 0.1) is 23.6 Å². The molecule has 0 radical (unpaired) electrons. The fourth-order valence-corrected chi connectivity index (χ4v) is 2.19. The normalized spacial score (nSPS) is 10.6. The van der Waals surface area contributed by atoms with Crippen LogP contribution in [0.3, 0.4) is 0 Å². The van der Waals surface area contributed by atoms with Crippen molar-refractivity contribution < 1.29 is 4.39 Å². The predicted octanol–water partition coefficient (Wildman–Crippen LogP) is 2.57. The molecule has 1 N–H and O–H groups in total. The van der Waals surface area contributed by atoms with Gasteiger partial charge in [-0.3, -0.25) is 0 Å². The summed E-state index contributed by atoms with van der Waals surface area (Å²) >= 11 is 3.30. The second-order valence-electron chi connectivity index (χ2n) is 4.22. The predicted molar refractivity (Wildman–Crippen MR) is 78.4 cm³/mol. The molecule has 0 aliphatic heterocycles. The Morgan fingerprint density at radius 1 is 1.24 bits per heavy atom. The number of halogens is 2. The highest BCUT2D eigenvalue weighted by Gasteiger charge is 2.06. The quantitative estimate of drug-likeness (QED) is 0.734. The Hall–Kier alpha value is -2.35. The molecular formula is C13H10BrFN6. The Bertz CT molecular complexity index is 746. The Morgan fingerprint density at radius 2 is 2.14 bits per heavy atom. The van der Waals surface area contributed by atoms with E-state index in [4.69, 9.17) is 0 Å². The van der Waals surface area contributed by atoms with Crippen LogP contribution >= 0.6 is 15.9 Å². The van der Waals surface area contributed by atoms with Gasteiger partial charge < -0.3 is 5.32 Å². The Balaban J connectivity index is 1.80. The number of hydrogen-bond acceptors (Lipinski definition) is 5. The highest BCUT2D eigenvalue weighted by atomic mass is 79.9. The molecule has 2 heterocycles. The minimum absolute atomic E-state index is 0.346. The van der Waals surface area contributed by atoms with E-state index in [0.717, 1.165) is 10.3 Å². The van der Waals surface area contributed by atoms with E-state index >= 15 is 0 Å². The maximum absolute atomic E-state index is 13.8. The van der Waals surface area contributed by atoms with E-state index in [-0.39, 0.29) is 5.82 Å². The van der Waals surface area contributed by atoms with Crippen LogP contribution in [0.1, 0.15) is 5.69 Å². The van der Waals surface area contributed by atoms with Gasteiger partial charge in [0.1, 0.15) is 16.7 Å². The van der Waals surface area contributed by atoms with Crippen molar-refractivity contribution in [2.75, 3.05) is 5.32 Å². The smallest absolute Gasteiger partial charge is 0.146 e. The van der Waals surface area contributed by atoms with Crippen LogP contribution in [0.25, 0.3) is 5.69 Å². The first-order valence-corrected chi connectivity index (χ1v) is 6.90. The zero-order valence-electron chi connectivity index (χ0n) is 10.7. The van der Waals surface area contributed by atoms with Gasteiger partial charge in [-0.15, -0.1) is 5.10 Å². The van der Waals surface area contributed by atoms with Crippen molar-refractivity contribution >= 4 is 21.6 Å². The van der Waals surface area contributed by atoms with Crippen molar-refractivity contribution in [1.29, 1.82) is 0 Å². The van der Waals surface area contributed by atoms with Gasteiger partial charge in [0.25, 0.3) is 0 Å². The van der Waals surface area contributed by atoms with Crippen molar-refractivity contribution in [2.45, 2.75) is 6.54 Å². The highest BCUT2D eigenvalue weighted by Crippen LogP contribution is 2.19. The second-order valence-corrected chi connectivity index (χ2v) is 5.04. The lowest BCUT2D eigenvalue weighted by Gasteiger charge is -2.09. The lowest BCUT2D eigenvalue weighted by molar-refractivity contribution is 0.629. The number of tetrazole rings is 1. The third kappa shape index (κ3) is 3.22. The van der Waals surface area contributed by atoms with Gasteiger partial charge in [0.2, 0.25) is 0 Å². The Kier molecular flexibility index (Phi) is 3.87. The van der Waals surface area contributed by atoms with Crippen molar-refractivity contribution in [2.24, 2.45) is 0 Å². The van der Waals surface area contributed by atoms with Gasteiger partial charge >= 0.3 is 0 Å². The Labute approximate surface area is 128 Å². The van der Waals surface area contributed by atoms with E-state index in [9.17, 15) is 4.39 Å². The number of anilines is 1. The molecule has 0 bridgehead atoms. The summed E-state index contributed by atoms with van der Waals surface area (Å²) in [6.07, 6.45) is 1.45. The molecule has 2 aromatic heterocycles. The number of aromatic nitrogens is 5. The lowest BCUT2D eigenvalue weighted by Crippen LogP contribution is -2.05. The van der Waals surface area contributed by atoms with E-state index in [1.165, 1.54) is 17.1 Å². The molecule has 3 aromatic rings. The summed E-state index contributed by atoms with van der Waals surface area (Å²) in [5, 5.41) is 13.9. The number of nitrogens with zero attached hydrogens (tertiary/aromatic N) is 5. The zero-order chi connectivity index (χ0) is 14.7. The van der Waals surface area contributed by atoms with Crippen molar-refractivity contribution in [3.05, 3.63) is 58.8 Å². The van der Waals surface area contributed by atoms with E-state index in [0.29, 0.717) is 17.9 Å². The summed E-state index contributed by atoms with van der Waals surface area (Å²) in [7, 11) is 0. The first kappa shape index (κ1) is 13.6. The summed E-state index contributed by atoms with van der Waals surface area (Å²) in [6, 6.07) is 10.2. The average Bonchev–Trinajstić information content (AvgIpc) is 3.01. The summed E-state index contributed by atoms with van der Waals surface area (Å²) in [6.45, 7) is 0.412. The molecule has 0 saturated heterocycles. The van der Waals surface area contributed by atoms with Gasteiger partial charge in [-0.2, -0.15) is 0 Å². The molecule has 6 nitrogen and oxygen atoms in total. The lowest BCUT2D eigenvalue weighted by atomic mass is 10.2. The molecule has 3 rings (SSSR count). The molecule has 21 heavy (non-hydrogen) atoms. The summed E-state index contributed by atoms with van der Waals surface area (Å²) in [5.74, 6) is -0.346. The monoisotopic (exact) mass is 348 g/mol. The van der Waals surface area contributed by atoms with Crippen molar-refractivity contribution in [3.8, 4) is 5.69 Å². The van der Waals surface area contributed by atoms with Crippen LogP contribution in [0.4, 0.5) is 10.1 Å². The van der Waals surface area contributed by atoms with Gasteiger partial charge in [0.15, 0.2) is 0 Å². The molecule has 0 saturated carbocycles. The van der Waals surface area contributed by atoms with E-state index < -0.39 is 0 Å². The van der Waals surface area contributed by atoms with Crippen molar-refractivity contribution in [3.63, 3.8) is 0 Å². The maximum Gasteiger partial charge on any atom is 0.146 e. The van der Waals surface area contributed by atoms with Gasteiger partial charge in [-0.05, 0) is 56.7 Å². The zero-order valence-corrected chi connectivity index (χ0v) is 12.3. The molecule has 0 fully saturated rings. The molecule has 0 amide bonds. The molecule has 0 atom stereocenters. The SMILES string of the molecule is Fc1ccc(-n2cnnn2)cc1NCc1cccc(Br)n1. The minimum Gasteiger partial charge on any atom is -0.377 e. The van der Waals surface area contributed by atoms with Crippen LogP contribution in [0, 0.1) is 5.82 Å². The van der Waals surface area contributed by atoms with Crippen LogP contribution in [-0.2, 0) is 6.54 Å². The molecule has 106 valence electrons. The number of pyridine rings is 1. The van der Waals surface area contributed by atoms with Crippen LogP contribution in [-0.4, -0.2) is 25.2 Å². The van der Waals surface area contributed by atoms with Gasteiger partial charge in [-0.25, -0.2) is 14.1 Å². The van der Waals surface area contributed by atoms with Gasteiger partial charge in [-0.1, -0.05) is 6.07 Å². The van der Waals surface area contributed by atoms with Crippen LogP contribution in [0.5, 0.6) is 0 Å². The largest absolute Gasteiger partial charge is 0.377 e. The molecule has 0 aliphatic carbocycles. The van der Waals surface area contributed by atoms with E-state index in [1.807, 2.05) is 18.2 Å². The van der Waals surface area contributed by atoms with Gasteiger partial charge in [0, 0.05) is 0 Å². The molecule has 1 aromatic carbocycles. The summed E-state index contributed by atoms with van der Waals surface area (Å²) in [5.41, 5.74) is 1.84. The molecule has 8 heteroatoms. The topological polar surface area (TPSA) is 68.5 Å². The summed E-state index contributed by atoms with van der Waals surface area (Å²) < 4.78 is 16.0. The molecule has 0 aliphatic rings. The maximum atomic E-state index is 13.8. The number of nitrogens with one attached hydrogen (secondary N) is 1. The van der Waals surface area contributed by atoms with Crippen molar-refractivity contribution in [1.82, 2.24) is 25.2 Å². The fourth-order valence-electron chi connectivity index (χ4n) is 1.81. The number of hydrogen-bond donors (Lipinski definition) is 1. The van der Waals surface area contributed by atoms with E-state index in [1.54, 1.807) is 12.1 Å². The highest BCUT2D eigenvalue weighted by molar-refractivity contribution is 9.10. The first-order chi connectivity index (χ1) is 10.2. The minimum atomic E-state index is -0.346. The van der Waals surface area contributed by atoms with E-state index in [2.05, 4.69) is 41.8 Å². The number of rotatable bonds is 4. The molecular weight excluding hydrogens is 339 g/mol.